The second-order valence-corrected chi connectivity index (χ2v) is 6.01. The first-order valence-electron chi connectivity index (χ1n) is 7.32. The van der Waals surface area contributed by atoms with E-state index in [4.69, 9.17) is 4.98 Å². The van der Waals surface area contributed by atoms with Gasteiger partial charge >= 0.3 is 0 Å². The van der Waals surface area contributed by atoms with Crippen molar-refractivity contribution in [3.8, 4) is 0 Å². The summed E-state index contributed by atoms with van der Waals surface area (Å²) in [5, 5.41) is 4.78. The maximum absolute atomic E-state index is 4.74. The zero-order valence-electron chi connectivity index (χ0n) is 11.8. The SMILES string of the molecule is Cc1cc2ccccc2nc1NCC1CCC(C)C1. The molecule has 1 aliphatic carbocycles. The van der Waals surface area contributed by atoms with Crippen LogP contribution in [0.4, 0.5) is 5.82 Å². The van der Waals surface area contributed by atoms with Crippen molar-refractivity contribution >= 4 is 16.7 Å². The first-order chi connectivity index (χ1) is 9.22. The van der Waals surface area contributed by atoms with E-state index in [1.54, 1.807) is 0 Å². The zero-order valence-corrected chi connectivity index (χ0v) is 11.8. The van der Waals surface area contributed by atoms with Crippen LogP contribution < -0.4 is 5.32 Å². The molecule has 2 atom stereocenters. The van der Waals surface area contributed by atoms with E-state index >= 15 is 0 Å². The summed E-state index contributed by atoms with van der Waals surface area (Å²) in [6.45, 7) is 5.56. The van der Waals surface area contributed by atoms with Crippen LogP contribution in [0.25, 0.3) is 10.9 Å². The van der Waals surface area contributed by atoms with Crippen molar-refractivity contribution < 1.29 is 0 Å². The van der Waals surface area contributed by atoms with Gasteiger partial charge < -0.3 is 5.32 Å². The van der Waals surface area contributed by atoms with Crippen LogP contribution in [0.2, 0.25) is 0 Å². The number of aromatic nitrogens is 1. The number of nitrogens with zero attached hydrogens (tertiary/aromatic N) is 1. The molecule has 2 unspecified atom stereocenters. The fourth-order valence-electron chi connectivity index (χ4n) is 3.15. The second kappa shape index (κ2) is 5.20. The van der Waals surface area contributed by atoms with Crippen LogP contribution in [-0.4, -0.2) is 11.5 Å². The molecule has 2 aromatic rings. The standard InChI is InChI=1S/C17H22N2/c1-12-7-8-14(9-12)11-18-17-13(2)10-15-5-3-4-6-16(15)19-17/h3-6,10,12,14H,7-9,11H2,1-2H3,(H,18,19). The highest BCUT2D eigenvalue weighted by atomic mass is 15.0. The van der Waals surface area contributed by atoms with E-state index in [2.05, 4.69) is 43.4 Å². The van der Waals surface area contributed by atoms with Gasteiger partial charge in [-0.05, 0) is 49.3 Å². The van der Waals surface area contributed by atoms with E-state index in [1.807, 2.05) is 6.07 Å². The van der Waals surface area contributed by atoms with Crippen LogP contribution in [0.15, 0.2) is 30.3 Å². The third kappa shape index (κ3) is 2.73. The van der Waals surface area contributed by atoms with E-state index in [9.17, 15) is 0 Å². The van der Waals surface area contributed by atoms with Crippen LogP contribution in [0, 0.1) is 18.8 Å². The van der Waals surface area contributed by atoms with Gasteiger partial charge in [0.05, 0.1) is 5.52 Å². The summed E-state index contributed by atoms with van der Waals surface area (Å²) >= 11 is 0. The number of anilines is 1. The summed E-state index contributed by atoms with van der Waals surface area (Å²) < 4.78 is 0. The Morgan fingerprint density at radius 3 is 2.89 bits per heavy atom. The lowest BCUT2D eigenvalue weighted by molar-refractivity contribution is 0.536. The third-order valence-electron chi connectivity index (χ3n) is 4.28. The minimum atomic E-state index is 0.822. The molecule has 0 bridgehead atoms. The van der Waals surface area contributed by atoms with Crippen LogP contribution >= 0.6 is 0 Å². The predicted molar refractivity (Wildman–Crippen MR) is 81.5 cm³/mol. The van der Waals surface area contributed by atoms with Crippen molar-refractivity contribution in [3.05, 3.63) is 35.9 Å². The first-order valence-corrected chi connectivity index (χ1v) is 7.32. The average molecular weight is 254 g/mol. The number of para-hydroxylation sites is 1. The Kier molecular flexibility index (Phi) is 3.41. The van der Waals surface area contributed by atoms with Gasteiger partial charge in [0.1, 0.15) is 5.82 Å². The quantitative estimate of drug-likeness (QED) is 0.878. The fraction of sp³-hybridized carbons (Fsp3) is 0.471. The number of benzene rings is 1. The van der Waals surface area contributed by atoms with Gasteiger partial charge in [0, 0.05) is 11.9 Å². The number of aryl methyl sites for hydroxylation is 1. The highest BCUT2D eigenvalue weighted by molar-refractivity contribution is 5.81. The average Bonchev–Trinajstić information content (AvgIpc) is 2.82. The number of fused-ring (bicyclic) bond motifs is 1. The molecule has 0 spiro atoms. The minimum absolute atomic E-state index is 0.822. The normalized spacial score (nSPS) is 22.8. The van der Waals surface area contributed by atoms with Crippen molar-refractivity contribution in [2.45, 2.75) is 33.1 Å². The molecule has 0 aliphatic heterocycles. The molecular formula is C17H22N2. The van der Waals surface area contributed by atoms with E-state index in [-0.39, 0.29) is 0 Å². The van der Waals surface area contributed by atoms with Crippen molar-refractivity contribution in [2.24, 2.45) is 11.8 Å². The summed E-state index contributed by atoms with van der Waals surface area (Å²) in [5.74, 6) is 2.78. The Morgan fingerprint density at radius 2 is 2.11 bits per heavy atom. The first kappa shape index (κ1) is 12.5. The van der Waals surface area contributed by atoms with Crippen molar-refractivity contribution in [2.75, 3.05) is 11.9 Å². The Morgan fingerprint density at radius 1 is 1.26 bits per heavy atom. The predicted octanol–water partition coefficient (Wildman–Crippen LogP) is 4.39. The summed E-state index contributed by atoms with van der Waals surface area (Å²) in [7, 11) is 0. The van der Waals surface area contributed by atoms with E-state index < -0.39 is 0 Å². The summed E-state index contributed by atoms with van der Waals surface area (Å²) in [6.07, 6.45) is 4.11. The molecule has 1 saturated carbocycles. The van der Waals surface area contributed by atoms with Crippen molar-refractivity contribution in [3.63, 3.8) is 0 Å². The van der Waals surface area contributed by atoms with E-state index in [0.717, 1.165) is 29.7 Å². The Labute approximate surface area is 115 Å². The van der Waals surface area contributed by atoms with Gasteiger partial charge in [-0.15, -0.1) is 0 Å². The molecule has 2 nitrogen and oxygen atoms in total. The molecule has 0 radical (unpaired) electrons. The Balaban J connectivity index is 1.75. The molecule has 1 aliphatic rings. The smallest absolute Gasteiger partial charge is 0.129 e. The lowest BCUT2D eigenvalue weighted by atomic mass is 10.1. The maximum Gasteiger partial charge on any atom is 0.129 e. The van der Waals surface area contributed by atoms with Crippen molar-refractivity contribution in [1.82, 2.24) is 4.98 Å². The lowest BCUT2D eigenvalue weighted by Gasteiger charge is -2.14. The molecule has 100 valence electrons. The monoisotopic (exact) mass is 254 g/mol. The summed E-state index contributed by atoms with van der Waals surface area (Å²) in [4.78, 5) is 4.74. The Bertz CT molecular complexity index is 576. The number of hydrogen-bond acceptors (Lipinski definition) is 2. The van der Waals surface area contributed by atoms with E-state index in [1.165, 1.54) is 30.2 Å². The lowest BCUT2D eigenvalue weighted by Crippen LogP contribution is -2.13. The summed E-state index contributed by atoms with van der Waals surface area (Å²) in [5.41, 5.74) is 2.32. The van der Waals surface area contributed by atoms with Crippen LogP contribution in [0.3, 0.4) is 0 Å². The molecule has 1 heterocycles. The van der Waals surface area contributed by atoms with Gasteiger partial charge in [-0.1, -0.05) is 31.5 Å². The Hall–Kier alpha value is -1.57. The summed E-state index contributed by atoms with van der Waals surface area (Å²) in [6, 6.07) is 10.5. The van der Waals surface area contributed by atoms with E-state index in [0.29, 0.717) is 0 Å². The number of rotatable bonds is 3. The fourth-order valence-corrected chi connectivity index (χ4v) is 3.15. The van der Waals surface area contributed by atoms with Gasteiger partial charge in [0.25, 0.3) is 0 Å². The molecule has 0 saturated heterocycles. The molecule has 2 heteroatoms. The molecule has 1 N–H and O–H groups in total. The number of nitrogens with one attached hydrogen (secondary N) is 1. The number of pyridine rings is 1. The van der Waals surface area contributed by atoms with Gasteiger partial charge in [0.15, 0.2) is 0 Å². The highest BCUT2D eigenvalue weighted by Crippen LogP contribution is 2.30. The third-order valence-corrected chi connectivity index (χ3v) is 4.28. The molecule has 1 aromatic heterocycles. The van der Waals surface area contributed by atoms with Gasteiger partial charge in [-0.25, -0.2) is 4.98 Å². The number of hydrogen-bond donors (Lipinski definition) is 1. The highest BCUT2D eigenvalue weighted by Gasteiger charge is 2.21. The van der Waals surface area contributed by atoms with Gasteiger partial charge in [-0.3, -0.25) is 0 Å². The molecule has 1 fully saturated rings. The maximum atomic E-state index is 4.74. The largest absolute Gasteiger partial charge is 0.370 e. The van der Waals surface area contributed by atoms with Crippen LogP contribution in [0.5, 0.6) is 0 Å². The van der Waals surface area contributed by atoms with Gasteiger partial charge in [-0.2, -0.15) is 0 Å². The molecule has 3 rings (SSSR count). The molecule has 1 aromatic carbocycles. The second-order valence-electron chi connectivity index (χ2n) is 6.01. The van der Waals surface area contributed by atoms with Crippen LogP contribution in [-0.2, 0) is 0 Å². The minimum Gasteiger partial charge on any atom is -0.370 e. The molecule has 0 amide bonds. The topological polar surface area (TPSA) is 24.9 Å². The molecule has 19 heavy (non-hydrogen) atoms. The van der Waals surface area contributed by atoms with Crippen LogP contribution in [0.1, 0.15) is 31.7 Å². The molecular weight excluding hydrogens is 232 g/mol. The zero-order chi connectivity index (χ0) is 13.2. The van der Waals surface area contributed by atoms with Gasteiger partial charge in [0.2, 0.25) is 0 Å². The van der Waals surface area contributed by atoms with Crippen molar-refractivity contribution in [1.29, 1.82) is 0 Å².